The van der Waals surface area contributed by atoms with Gasteiger partial charge in [-0.05, 0) is 18.1 Å². The molecule has 1 amide bonds. The van der Waals surface area contributed by atoms with Crippen LogP contribution in [0.3, 0.4) is 0 Å². The standard InChI is InChI=1S/C12H15NO3S/c1-9-4-2-3-5-10(9)11-8-17(15,16)7-6-12(14)13-11/h2-5,11H,6-8H2,1H3,(H,13,14). The highest BCUT2D eigenvalue weighted by atomic mass is 32.2. The molecule has 1 fully saturated rings. The average molecular weight is 253 g/mol. The van der Waals surface area contributed by atoms with E-state index in [4.69, 9.17) is 0 Å². The van der Waals surface area contributed by atoms with Crippen molar-refractivity contribution in [3.63, 3.8) is 0 Å². The van der Waals surface area contributed by atoms with E-state index in [1.54, 1.807) is 0 Å². The van der Waals surface area contributed by atoms with Gasteiger partial charge in [-0.2, -0.15) is 0 Å². The van der Waals surface area contributed by atoms with Crippen LogP contribution < -0.4 is 5.32 Å². The molecule has 0 aromatic heterocycles. The second-order valence-electron chi connectivity index (χ2n) is 4.34. The first-order chi connectivity index (χ1) is 7.98. The molecule has 0 saturated carbocycles. The molecule has 0 spiro atoms. The summed E-state index contributed by atoms with van der Waals surface area (Å²) in [6.45, 7) is 1.92. The van der Waals surface area contributed by atoms with E-state index in [1.165, 1.54) is 0 Å². The molecule has 1 N–H and O–H groups in total. The lowest BCUT2D eigenvalue weighted by molar-refractivity contribution is -0.121. The number of rotatable bonds is 1. The molecule has 2 rings (SSSR count). The lowest BCUT2D eigenvalue weighted by atomic mass is 10.0. The normalized spacial score (nSPS) is 23.8. The first-order valence-electron chi connectivity index (χ1n) is 5.53. The number of benzene rings is 1. The second kappa shape index (κ2) is 4.49. The summed E-state index contributed by atoms with van der Waals surface area (Å²) in [6, 6.07) is 7.11. The monoisotopic (exact) mass is 253 g/mol. The van der Waals surface area contributed by atoms with Crippen LogP contribution in [0.15, 0.2) is 24.3 Å². The Morgan fingerprint density at radius 3 is 2.71 bits per heavy atom. The summed E-state index contributed by atoms with van der Waals surface area (Å²) < 4.78 is 23.4. The molecule has 1 aliphatic rings. The molecule has 1 unspecified atom stereocenters. The van der Waals surface area contributed by atoms with Crippen LogP contribution in [0.2, 0.25) is 0 Å². The van der Waals surface area contributed by atoms with Gasteiger partial charge in [0, 0.05) is 6.42 Å². The largest absolute Gasteiger partial charge is 0.348 e. The van der Waals surface area contributed by atoms with Gasteiger partial charge in [-0.15, -0.1) is 0 Å². The Bertz CT molecular complexity index is 536. The van der Waals surface area contributed by atoms with Gasteiger partial charge in [0.25, 0.3) is 0 Å². The Balaban J connectivity index is 2.37. The van der Waals surface area contributed by atoms with E-state index in [2.05, 4.69) is 5.32 Å². The summed E-state index contributed by atoms with van der Waals surface area (Å²) in [5.74, 6) is -0.260. The van der Waals surface area contributed by atoms with Crippen molar-refractivity contribution < 1.29 is 13.2 Å². The van der Waals surface area contributed by atoms with Gasteiger partial charge in [-0.25, -0.2) is 8.42 Å². The maximum absolute atomic E-state index is 11.7. The van der Waals surface area contributed by atoms with E-state index in [1.807, 2.05) is 31.2 Å². The Morgan fingerprint density at radius 2 is 2.00 bits per heavy atom. The fourth-order valence-electron chi connectivity index (χ4n) is 2.04. The van der Waals surface area contributed by atoms with Crippen molar-refractivity contribution >= 4 is 15.7 Å². The molecule has 92 valence electrons. The zero-order valence-corrected chi connectivity index (χ0v) is 10.5. The molecule has 1 heterocycles. The molecule has 0 bridgehead atoms. The number of hydrogen-bond donors (Lipinski definition) is 1. The Morgan fingerprint density at radius 1 is 1.29 bits per heavy atom. The van der Waals surface area contributed by atoms with Crippen LogP contribution in [0, 0.1) is 6.92 Å². The van der Waals surface area contributed by atoms with Crippen LogP contribution >= 0.6 is 0 Å². The number of carbonyl (C=O) groups excluding carboxylic acids is 1. The number of carbonyl (C=O) groups is 1. The summed E-state index contributed by atoms with van der Waals surface area (Å²) >= 11 is 0. The summed E-state index contributed by atoms with van der Waals surface area (Å²) in [5, 5.41) is 2.77. The summed E-state index contributed by atoms with van der Waals surface area (Å²) in [6.07, 6.45) is 0.0602. The van der Waals surface area contributed by atoms with Gasteiger partial charge in [0.2, 0.25) is 5.91 Å². The van der Waals surface area contributed by atoms with E-state index in [0.717, 1.165) is 11.1 Å². The van der Waals surface area contributed by atoms with Crippen molar-refractivity contribution in [1.82, 2.24) is 5.32 Å². The molecule has 1 aromatic carbocycles. The minimum atomic E-state index is -3.15. The van der Waals surface area contributed by atoms with Gasteiger partial charge >= 0.3 is 0 Å². The predicted molar refractivity (Wildman–Crippen MR) is 65.3 cm³/mol. The summed E-state index contributed by atoms with van der Waals surface area (Å²) in [7, 11) is -3.15. The second-order valence-corrected chi connectivity index (χ2v) is 6.57. The van der Waals surface area contributed by atoms with Crippen molar-refractivity contribution in [2.75, 3.05) is 11.5 Å². The lowest BCUT2D eigenvalue weighted by Gasteiger charge is -2.17. The first-order valence-corrected chi connectivity index (χ1v) is 7.35. The quantitative estimate of drug-likeness (QED) is 0.811. The van der Waals surface area contributed by atoms with Crippen LogP contribution in [0.4, 0.5) is 0 Å². The topological polar surface area (TPSA) is 63.2 Å². The Kier molecular flexibility index (Phi) is 3.19. The van der Waals surface area contributed by atoms with Gasteiger partial charge in [0.15, 0.2) is 9.84 Å². The van der Waals surface area contributed by atoms with Gasteiger partial charge in [0.1, 0.15) is 0 Å². The van der Waals surface area contributed by atoms with Crippen LogP contribution in [-0.4, -0.2) is 25.8 Å². The van der Waals surface area contributed by atoms with Crippen molar-refractivity contribution in [2.45, 2.75) is 19.4 Å². The third-order valence-corrected chi connectivity index (χ3v) is 4.63. The van der Waals surface area contributed by atoms with Gasteiger partial charge in [0.05, 0.1) is 17.5 Å². The molecule has 17 heavy (non-hydrogen) atoms. The number of aryl methyl sites for hydroxylation is 1. The third-order valence-electron chi connectivity index (χ3n) is 2.96. The highest BCUT2D eigenvalue weighted by molar-refractivity contribution is 7.91. The molecule has 4 nitrogen and oxygen atoms in total. The Hall–Kier alpha value is -1.36. The van der Waals surface area contributed by atoms with E-state index < -0.39 is 15.9 Å². The zero-order chi connectivity index (χ0) is 12.5. The van der Waals surface area contributed by atoms with Crippen molar-refractivity contribution in [2.24, 2.45) is 0 Å². The van der Waals surface area contributed by atoms with Crippen LogP contribution in [0.5, 0.6) is 0 Å². The lowest BCUT2D eigenvalue weighted by Crippen LogP contribution is -2.29. The molecule has 1 aromatic rings. The van der Waals surface area contributed by atoms with Gasteiger partial charge < -0.3 is 5.32 Å². The highest BCUT2D eigenvalue weighted by Gasteiger charge is 2.27. The summed E-state index contributed by atoms with van der Waals surface area (Å²) in [4.78, 5) is 11.5. The van der Waals surface area contributed by atoms with Crippen molar-refractivity contribution in [1.29, 1.82) is 0 Å². The maximum Gasteiger partial charge on any atom is 0.221 e. The zero-order valence-electron chi connectivity index (χ0n) is 9.64. The van der Waals surface area contributed by atoms with Crippen molar-refractivity contribution in [3.8, 4) is 0 Å². The highest BCUT2D eigenvalue weighted by Crippen LogP contribution is 2.21. The fraction of sp³-hybridized carbons (Fsp3) is 0.417. The first kappa shape index (κ1) is 12.1. The number of amides is 1. The average Bonchev–Trinajstić information content (AvgIpc) is 2.38. The van der Waals surface area contributed by atoms with E-state index in [0.29, 0.717) is 0 Å². The fourth-order valence-corrected chi connectivity index (χ4v) is 3.47. The van der Waals surface area contributed by atoms with Crippen LogP contribution in [0.25, 0.3) is 0 Å². The number of hydrogen-bond acceptors (Lipinski definition) is 3. The third kappa shape index (κ3) is 2.85. The molecule has 0 aliphatic carbocycles. The number of sulfone groups is 1. The van der Waals surface area contributed by atoms with Gasteiger partial charge in [-0.3, -0.25) is 4.79 Å². The molecule has 1 aliphatic heterocycles. The summed E-state index contributed by atoms with van der Waals surface area (Å²) in [5.41, 5.74) is 1.88. The molecule has 5 heteroatoms. The molecular weight excluding hydrogens is 238 g/mol. The smallest absolute Gasteiger partial charge is 0.221 e. The molecule has 0 radical (unpaired) electrons. The molecular formula is C12H15NO3S. The predicted octanol–water partition coefficient (Wildman–Crippen LogP) is 0.971. The van der Waals surface area contributed by atoms with E-state index >= 15 is 0 Å². The van der Waals surface area contributed by atoms with Gasteiger partial charge in [-0.1, -0.05) is 24.3 Å². The minimum absolute atomic E-state index is 0.0103. The molecule has 1 saturated heterocycles. The van der Waals surface area contributed by atoms with E-state index in [9.17, 15) is 13.2 Å². The molecule has 1 atom stereocenters. The maximum atomic E-state index is 11.7. The SMILES string of the molecule is Cc1ccccc1C1CS(=O)(=O)CCC(=O)N1. The van der Waals surface area contributed by atoms with Crippen LogP contribution in [0.1, 0.15) is 23.6 Å². The van der Waals surface area contributed by atoms with Crippen molar-refractivity contribution in [3.05, 3.63) is 35.4 Å². The van der Waals surface area contributed by atoms with Crippen LogP contribution in [-0.2, 0) is 14.6 Å². The number of nitrogens with one attached hydrogen (secondary N) is 1. The Labute approximate surface area is 101 Å². The minimum Gasteiger partial charge on any atom is -0.348 e. The van der Waals surface area contributed by atoms with E-state index in [-0.39, 0.29) is 23.8 Å².